The lowest BCUT2D eigenvalue weighted by atomic mass is 9.88. The predicted molar refractivity (Wildman–Crippen MR) is 85.2 cm³/mol. The van der Waals surface area contributed by atoms with Crippen LogP contribution in [0.2, 0.25) is 0 Å². The van der Waals surface area contributed by atoms with Gasteiger partial charge in [-0.15, -0.1) is 0 Å². The van der Waals surface area contributed by atoms with Crippen LogP contribution >= 0.6 is 0 Å². The lowest BCUT2D eigenvalue weighted by Gasteiger charge is -2.31. The summed E-state index contributed by atoms with van der Waals surface area (Å²) in [6, 6.07) is 4.61. The number of piperidine rings is 1. The van der Waals surface area contributed by atoms with Gasteiger partial charge in [-0.25, -0.2) is 4.98 Å². The molecule has 21 heavy (non-hydrogen) atoms. The maximum Gasteiger partial charge on any atom is 0.231 e. The number of nitrogens with one attached hydrogen (secondary N) is 1. The summed E-state index contributed by atoms with van der Waals surface area (Å²) in [5.74, 6) is 0.678. The quantitative estimate of drug-likeness (QED) is 0.886. The van der Waals surface area contributed by atoms with Gasteiger partial charge in [-0.3, -0.25) is 9.69 Å². The highest BCUT2D eigenvalue weighted by Gasteiger charge is 2.20. The van der Waals surface area contributed by atoms with Crippen molar-refractivity contribution in [3.63, 3.8) is 0 Å². The number of primary amides is 1. The molecule has 1 amide bonds. The Morgan fingerprint density at radius 3 is 2.52 bits per heavy atom. The number of pyridine rings is 1. The van der Waals surface area contributed by atoms with Crippen molar-refractivity contribution in [2.45, 2.75) is 45.1 Å². The first-order chi connectivity index (χ1) is 9.84. The van der Waals surface area contributed by atoms with Crippen LogP contribution in [0.4, 0.5) is 5.82 Å². The molecule has 0 radical (unpaired) electrons. The number of rotatable bonds is 4. The van der Waals surface area contributed by atoms with Gasteiger partial charge in [0.2, 0.25) is 5.91 Å². The molecule has 5 heteroatoms. The molecule has 1 aliphatic rings. The van der Waals surface area contributed by atoms with Crippen LogP contribution in [0, 0.1) is 0 Å². The fourth-order valence-corrected chi connectivity index (χ4v) is 2.59. The number of aromatic nitrogens is 1. The molecule has 1 fully saturated rings. The van der Waals surface area contributed by atoms with Crippen LogP contribution in [0.15, 0.2) is 18.3 Å². The van der Waals surface area contributed by atoms with Gasteiger partial charge in [-0.1, -0.05) is 26.8 Å². The van der Waals surface area contributed by atoms with Gasteiger partial charge in [-0.2, -0.15) is 0 Å². The van der Waals surface area contributed by atoms with Gasteiger partial charge < -0.3 is 11.1 Å². The maximum absolute atomic E-state index is 10.9. The van der Waals surface area contributed by atoms with Gasteiger partial charge in [0.15, 0.2) is 0 Å². The van der Waals surface area contributed by atoms with Crippen LogP contribution in [-0.4, -0.2) is 41.5 Å². The number of likely N-dealkylation sites (tertiary alicyclic amines) is 1. The Hall–Kier alpha value is -1.62. The molecule has 1 aliphatic heterocycles. The van der Waals surface area contributed by atoms with E-state index in [1.165, 1.54) is 5.56 Å². The van der Waals surface area contributed by atoms with E-state index in [-0.39, 0.29) is 11.3 Å². The molecule has 5 nitrogen and oxygen atoms in total. The number of carbonyl (C=O) groups is 1. The van der Waals surface area contributed by atoms with E-state index in [0.29, 0.717) is 12.6 Å². The highest BCUT2D eigenvalue weighted by Crippen LogP contribution is 2.22. The van der Waals surface area contributed by atoms with Crippen molar-refractivity contribution < 1.29 is 4.79 Å². The van der Waals surface area contributed by atoms with Crippen LogP contribution in [-0.2, 0) is 10.2 Å². The summed E-state index contributed by atoms with van der Waals surface area (Å²) in [7, 11) is 0. The molecule has 0 aliphatic carbocycles. The number of hydrogen-bond donors (Lipinski definition) is 2. The Bertz CT molecular complexity index is 470. The number of amides is 1. The zero-order valence-corrected chi connectivity index (χ0v) is 13.2. The number of nitrogens with zero attached hydrogens (tertiary/aromatic N) is 2. The Kier molecular flexibility index (Phi) is 4.83. The van der Waals surface area contributed by atoms with Crippen LogP contribution in [0.5, 0.6) is 0 Å². The molecular formula is C16H26N4O. The molecule has 1 saturated heterocycles. The molecule has 0 unspecified atom stereocenters. The van der Waals surface area contributed by atoms with Gasteiger partial charge in [-0.05, 0) is 29.9 Å². The third kappa shape index (κ3) is 4.70. The SMILES string of the molecule is CC(C)(C)c1ccc(NC2CCN(CC(N)=O)CC2)nc1. The minimum absolute atomic E-state index is 0.131. The first kappa shape index (κ1) is 15.8. The summed E-state index contributed by atoms with van der Waals surface area (Å²) in [6.07, 6.45) is 3.97. The van der Waals surface area contributed by atoms with Crippen molar-refractivity contribution in [1.82, 2.24) is 9.88 Å². The van der Waals surface area contributed by atoms with E-state index in [0.717, 1.165) is 31.7 Å². The third-order valence-corrected chi connectivity index (χ3v) is 3.95. The van der Waals surface area contributed by atoms with Crippen molar-refractivity contribution in [3.05, 3.63) is 23.9 Å². The van der Waals surface area contributed by atoms with E-state index in [1.54, 1.807) is 0 Å². The Labute approximate surface area is 126 Å². The third-order valence-electron chi connectivity index (χ3n) is 3.95. The number of hydrogen-bond acceptors (Lipinski definition) is 4. The second-order valence-corrected chi connectivity index (χ2v) is 6.84. The van der Waals surface area contributed by atoms with Crippen molar-refractivity contribution in [1.29, 1.82) is 0 Å². The predicted octanol–water partition coefficient (Wildman–Crippen LogP) is 1.74. The normalized spacial score (nSPS) is 17.7. The summed E-state index contributed by atoms with van der Waals surface area (Å²) < 4.78 is 0. The van der Waals surface area contributed by atoms with Gasteiger partial charge in [0.1, 0.15) is 5.82 Å². The molecule has 0 spiro atoms. The summed E-state index contributed by atoms with van der Waals surface area (Å²) in [5.41, 5.74) is 6.60. The minimum Gasteiger partial charge on any atom is -0.369 e. The second-order valence-electron chi connectivity index (χ2n) is 6.84. The monoisotopic (exact) mass is 290 g/mol. The lowest BCUT2D eigenvalue weighted by Crippen LogP contribution is -2.43. The second kappa shape index (κ2) is 6.43. The number of carbonyl (C=O) groups excluding carboxylic acids is 1. The molecule has 0 atom stereocenters. The minimum atomic E-state index is -0.249. The number of nitrogens with two attached hydrogens (primary N) is 1. The summed E-state index contributed by atoms with van der Waals surface area (Å²) in [6.45, 7) is 8.73. The fourth-order valence-electron chi connectivity index (χ4n) is 2.59. The highest BCUT2D eigenvalue weighted by molar-refractivity contribution is 5.75. The fraction of sp³-hybridized carbons (Fsp3) is 0.625. The standard InChI is InChI=1S/C16H26N4O/c1-16(2,3)12-4-5-15(18-10-12)19-13-6-8-20(9-7-13)11-14(17)21/h4-5,10,13H,6-9,11H2,1-3H3,(H2,17,21)(H,18,19). The summed E-state index contributed by atoms with van der Waals surface area (Å²) in [4.78, 5) is 17.5. The van der Waals surface area contributed by atoms with Crippen LogP contribution < -0.4 is 11.1 Å². The topological polar surface area (TPSA) is 71.2 Å². The van der Waals surface area contributed by atoms with Gasteiger partial charge in [0.05, 0.1) is 6.54 Å². The molecule has 1 aromatic rings. The first-order valence-electron chi connectivity index (χ1n) is 7.58. The molecule has 0 bridgehead atoms. The zero-order chi connectivity index (χ0) is 15.5. The zero-order valence-electron chi connectivity index (χ0n) is 13.2. The van der Waals surface area contributed by atoms with E-state index in [4.69, 9.17) is 5.73 Å². The lowest BCUT2D eigenvalue weighted by molar-refractivity contribution is -0.119. The van der Waals surface area contributed by atoms with Crippen LogP contribution in [0.3, 0.4) is 0 Å². The van der Waals surface area contributed by atoms with E-state index >= 15 is 0 Å². The molecule has 116 valence electrons. The maximum atomic E-state index is 10.9. The summed E-state index contributed by atoms with van der Waals surface area (Å²) >= 11 is 0. The molecule has 3 N–H and O–H groups in total. The largest absolute Gasteiger partial charge is 0.369 e. The van der Waals surface area contributed by atoms with Crippen molar-refractivity contribution in [2.24, 2.45) is 5.73 Å². The Morgan fingerprint density at radius 2 is 2.05 bits per heavy atom. The highest BCUT2D eigenvalue weighted by atomic mass is 16.1. The average molecular weight is 290 g/mol. The Balaban J connectivity index is 1.85. The van der Waals surface area contributed by atoms with E-state index < -0.39 is 0 Å². The number of anilines is 1. The van der Waals surface area contributed by atoms with Crippen LogP contribution in [0.1, 0.15) is 39.2 Å². The summed E-state index contributed by atoms with van der Waals surface area (Å²) in [5, 5.41) is 3.48. The molecule has 2 heterocycles. The van der Waals surface area contributed by atoms with E-state index in [1.807, 2.05) is 6.20 Å². The van der Waals surface area contributed by atoms with Gasteiger partial charge in [0.25, 0.3) is 0 Å². The molecule has 1 aromatic heterocycles. The molecule has 0 saturated carbocycles. The van der Waals surface area contributed by atoms with Crippen molar-refractivity contribution in [3.8, 4) is 0 Å². The molecule has 0 aromatic carbocycles. The first-order valence-corrected chi connectivity index (χ1v) is 7.58. The van der Waals surface area contributed by atoms with Gasteiger partial charge in [0, 0.05) is 25.3 Å². The Morgan fingerprint density at radius 1 is 1.38 bits per heavy atom. The average Bonchev–Trinajstić information content (AvgIpc) is 2.40. The molecule has 2 rings (SSSR count). The van der Waals surface area contributed by atoms with Gasteiger partial charge >= 0.3 is 0 Å². The molecular weight excluding hydrogens is 264 g/mol. The smallest absolute Gasteiger partial charge is 0.231 e. The van der Waals surface area contributed by atoms with Crippen molar-refractivity contribution in [2.75, 3.05) is 25.0 Å². The van der Waals surface area contributed by atoms with Crippen molar-refractivity contribution >= 4 is 11.7 Å². The van der Waals surface area contributed by atoms with E-state index in [9.17, 15) is 4.79 Å². The van der Waals surface area contributed by atoms with Crippen LogP contribution in [0.25, 0.3) is 0 Å². The van der Waals surface area contributed by atoms with E-state index in [2.05, 4.69) is 48.1 Å².